The Balaban J connectivity index is 1.67. The van der Waals surface area contributed by atoms with Gasteiger partial charge in [0.15, 0.2) is 12.2 Å². The van der Waals surface area contributed by atoms with Crippen molar-refractivity contribution in [1.29, 1.82) is 5.26 Å². The number of esters is 4. The van der Waals surface area contributed by atoms with Crippen molar-refractivity contribution >= 4 is 52.5 Å². The van der Waals surface area contributed by atoms with Crippen LogP contribution in [0, 0.1) is 11.3 Å². The van der Waals surface area contributed by atoms with Gasteiger partial charge in [0.2, 0.25) is 6.29 Å². The van der Waals surface area contributed by atoms with Gasteiger partial charge in [0.25, 0.3) is 5.91 Å². The van der Waals surface area contributed by atoms with E-state index in [1.165, 1.54) is 6.07 Å². The van der Waals surface area contributed by atoms with Gasteiger partial charge in [-0.2, -0.15) is 5.26 Å². The van der Waals surface area contributed by atoms with Gasteiger partial charge in [0.1, 0.15) is 36.0 Å². The fourth-order valence-corrected chi connectivity index (χ4v) is 4.84. The molecule has 0 radical (unpaired) electrons. The summed E-state index contributed by atoms with van der Waals surface area (Å²) in [6.45, 7) is 5.59. The summed E-state index contributed by atoms with van der Waals surface area (Å²) in [5.41, 5.74) is -0.231. The average Bonchev–Trinajstić information content (AvgIpc) is 2.92. The maximum Gasteiger partial charge on any atom is 0.343 e. The molecule has 238 valence electrons. The number of nitrogens with one attached hydrogen (secondary N) is 1. The minimum Gasteiger partial charge on any atom is -0.463 e. The first kappa shape index (κ1) is 32.7. The predicted octanol–water partition coefficient (Wildman–Crippen LogP) is 1.11. The molecule has 2 fully saturated rings. The third-order valence-corrected chi connectivity index (χ3v) is 6.91. The predicted molar refractivity (Wildman–Crippen MR) is 153 cm³/mol. The molecular formula is C30H31N3O12. The van der Waals surface area contributed by atoms with Crippen LogP contribution in [0.25, 0.3) is 17.0 Å². The van der Waals surface area contributed by atoms with E-state index < -0.39 is 78.2 Å². The lowest BCUT2D eigenvalue weighted by Crippen LogP contribution is -2.67. The largest absolute Gasteiger partial charge is 0.463 e. The zero-order chi connectivity index (χ0) is 32.8. The number of anilines is 1. The molecule has 15 heteroatoms. The summed E-state index contributed by atoms with van der Waals surface area (Å²) in [5.74, 6) is -4.34. The van der Waals surface area contributed by atoms with Crippen LogP contribution < -0.4 is 15.8 Å². The molecule has 1 aromatic heterocycles. The van der Waals surface area contributed by atoms with Crippen molar-refractivity contribution in [2.75, 3.05) is 24.6 Å². The van der Waals surface area contributed by atoms with Crippen LogP contribution in [-0.4, -0.2) is 80.1 Å². The normalized spacial score (nSPS) is 22.8. The second-order valence-electron chi connectivity index (χ2n) is 10.3. The van der Waals surface area contributed by atoms with E-state index in [2.05, 4.69) is 10.2 Å². The summed E-state index contributed by atoms with van der Waals surface area (Å²) in [6, 6.07) is 7.01. The van der Waals surface area contributed by atoms with Crippen LogP contribution >= 0.6 is 0 Å². The van der Waals surface area contributed by atoms with Gasteiger partial charge in [-0.15, -0.1) is 0 Å². The van der Waals surface area contributed by atoms with E-state index in [0.717, 1.165) is 59.0 Å². The molecule has 2 aliphatic heterocycles. The molecule has 4 rings (SSSR count). The maximum atomic E-state index is 13.4. The number of nitriles is 1. The summed E-state index contributed by atoms with van der Waals surface area (Å²) in [5, 5.41) is 12.8. The molecule has 1 N–H and O–H groups in total. The van der Waals surface area contributed by atoms with Crippen LogP contribution in [0.2, 0.25) is 0 Å². The molecule has 2 aromatic rings. The van der Waals surface area contributed by atoms with Crippen molar-refractivity contribution in [2.24, 2.45) is 0 Å². The maximum absolute atomic E-state index is 13.4. The molecule has 1 amide bonds. The van der Waals surface area contributed by atoms with Crippen LogP contribution in [0.3, 0.4) is 0 Å². The third-order valence-electron chi connectivity index (χ3n) is 6.91. The summed E-state index contributed by atoms with van der Waals surface area (Å²) in [4.78, 5) is 75.9. The molecule has 3 heterocycles. The number of amides is 1. The Bertz CT molecular complexity index is 1640. The van der Waals surface area contributed by atoms with Crippen molar-refractivity contribution in [3.63, 3.8) is 0 Å². The summed E-state index contributed by atoms with van der Waals surface area (Å²) >= 11 is 0. The van der Waals surface area contributed by atoms with Crippen molar-refractivity contribution in [3.8, 4) is 6.07 Å². The molecule has 0 spiro atoms. The Morgan fingerprint density at radius 1 is 0.978 bits per heavy atom. The Morgan fingerprint density at radius 3 is 2.22 bits per heavy atom. The SMILES string of the molecule is CC(=O)OC[C@H]1OC(OC(C)=O)[C@H](NC(=O)/C(C#N)=C/c2cc3ccc(N4CCC4)cc3oc2=O)[C@@H](OC(C)=O)[C@@H]1OC(C)=O. The van der Waals surface area contributed by atoms with E-state index in [1.807, 2.05) is 6.07 Å². The van der Waals surface area contributed by atoms with Crippen LogP contribution in [-0.2, 0) is 47.7 Å². The molecular weight excluding hydrogens is 594 g/mol. The number of fused-ring (bicyclic) bond motifs is 1. The molecule has 1 aromatic carbocycles. The van der Waals surface area contributed by atoms with Crippen LogP contribution in [0.5, 0.6) is 0 Å². The fraction of sp³-hybridized carbons (Fsp3) is 0.433. The molecule has 2 saturated heterocycles. The third kappa shape index (κ3) is 8.03. The molecule has 1 unspecified atom stereocenters. The second kappa shape index (κ2) is 14.0. The molecule has 0 aliphatic carbocycles. The van der Waals surface area contributed by atoms with Crippen molar-refractivity contribution in [1.82, 2.24) is 5.32 Å². The van der Waals surface area contributed by atoms with E-state index in [0.29, 0.717) is 11.0 Å². The highest BCUT2D eigenvalue weighted by molar-refractivity contribution is 6.02. The van der Waals surface area contributed by atoms with E-state index in [4.69, 9.17) is 28.1 Å². The average molecular weight is 626 g/mol. The van der Waals surface area contributed by atoms with Gasteiger partial charge in [-0.25, -0.2) is 4.79 Å². The molecule has 45 heavy (non-hydrogen) atoms. The first-order valence-electron chi connectivity index (χ1n) is 13.9. The van der Waals surface area contributed by atoms with Crippen LogP contribution in [0.1, 0.15) is 39.7 Å². The number of carbonyl (C=O) groups excluding carboxylic acids is 5. The van der Waals surface area contributed by atoms with Crippen LogP contribution in [0.4, 0.5) is 5.69 Å². The fourth-order valence-electron chi connectivity index (χ4n) is 4.84. The Morgan fingerprint density at radius 2 is 1.64 bits per heavy atom. The lowest BCUT2D eigenvalue weighted by atomic mass is 9.95. The Kier molecular flexibility index (Phi) is 10.2. The molecule has 15 nitrogen and oxygen atoms in total. The van der Waals surface area contributed by atoms with Gasteiger partial charge in [-0.05, 0) is 30.7 Å². The van der Waals surface area contributed by atoms with Gasteiger partial charge in [0, 0.05) is 57.9 Å². The summed E-state index contributed by atoms with van der Waals surface area (Å²) in [7, 11) is 0. The number of hydrogen-bond donors (Lipinski definition) is 1. The number of rotatable bonds is 9. The van der Waals surface area contributed by atoms with Gasteiger partial charge in [0.05, 0.1) is 5.56 Å². The lowest BCUT2D eigenvalue weighted by molar-refractivity contribution is -0.270. The van der Waals surface area contributed by atoms with E-state index in [-0.39, 0.29) is 5.56 Å². The lowest BCUT2D eigenvalue weighted by Gasteiger charge is -2.44. The smallest absolute Gasteiger partial charge is 0.343 e. The molecule has 0 saturated carbocycles. The Hall–Kier alpha value is -5.23. The first-order chi connectivity index (χ1) is 21.4. The van der Waals surface area contributed by atoms with Gasteiger partial charge in [-0.1, -0.05) is 0 Å². The zero-order valence-electron chi connectivity index (χ0n) is 24.9. The van der Waals surface area contributed by atoms with Crippen molar-refractivity contribution in [3.05, 3.63) is 45.8 Å². The van der Waals surface area contributed by atoms with Crippen LogP contribution in [0.15, 0.2) is 39.1 Å². The zero-order valence-corrected chi connectivity index (χ0v) is 24.9. The molecule has 0 bridgehead atoms. The topological polar surface area (TPSA) is 201 Å². The standard InChI is InChI=1S/C30H31N3O12/c1-15(34)40-14-24-26(41-16(2)35)27(42-17(3)36)25(30(45-24)43-18(4)37)32-28(38)21(13-31)11-20-10-19-6-7-22(33-8-5-9-33)12-23(19)44-29(20)39/h6-7,10-12,24-27,30H,5,8-9,14H2,1-4H3,(H,32,38)/b21-11+/t24-,25-,26-,27-,30?/m1/s1. The molecule has 2 aliphatic rings. The minimum atomic E-state index is -1.66. The van der Waals surface area contributed by atoms with Crippen molar-refractivity contribution in [2.45, 2.75) is 64.8 Å². The van der Waals surface area contributed by atoms with E-state index >= 15 is 0 Å². The monoisotopic (exact) mass is 625 g/mol. The minimum absolute atomic E-state index is 0.0990. The first-order valence-corrected chi connectivity index (χ1v) is 13.9. The highest BCUT2D eigenvalue weighted by atomic mass is 16.7. The van der Waals surface area contributed by atoms with Gasteiger partial charge >= 0.3 is 29.5 Å². The number of carbonyl (C=O) groups is 5. The second-order valence-corrected chi connectivity index (χ2v) is 10.3. The summed E-state index contributed by atoms with van der Waals surface area (Å²) in [6.07, 6.45) is -3.86. The van der Waals surface area contributed by atoms with E-state index in [1.54, 1.807) is 18.2 Å². The van der Waals surface area contributed by atoms with Crippen molar-refractivity contribution < 1.29 is 52.1 Å². The van der Waals surface area contributed by atoms with Gasteiger partial charge in [-0.3, -0.25) is 24.0 Å². The summed E-state index contributed by atoms with van der Waals surface area (Å²) < 4.78 is 32.1. The number of hydrogen-bond acceptors (Lipinski definition) is 14. The highest BCUT2D eigenvalue weighted by Gasteiger charge is 2.52. The van der Waals surface area contributed by atoms with Gasteiger partial charge < -0.3 is 38.3 Å². The highest BCUT2D eigenvalue weighted by Crippen LogP contribution is 2.29. The number of ether oxygens (including phenoxy) is 5. The number of nitrogens with zero attached hydrogens (tertiary/aromatic N) is 2. The Labute approximate surface area is 256 Å². The molecule has 5 atom stereocenters. The van der Waals surface area contributed by atoms with E-state index in [9.17, 15) is 34.0 Å². The quantitative estimate of drug-likeness (QED) is 0.136. The number of benzene rings is 1.